The van der Waals surface area contributed by atoms with E-state index in [1.165, 1.54) is 0 Å². The van der Waals surface area contributed by atoms with Crippen LogP contribution in [0.4, 0.5) is 0 Å². The zero-order valence-corrected chi connectivity index (χ0v) is 8.29. The smallest absolute Gasteiger partial charge is 0.234 e. The molecule has 1 amide bonds. The molecule has 0 bridgehead atoms. The Morgan fingerprint density at radius 1 is 1.69 bits per heavy atom. The van der Waals surface area contributed by atoms with Gasteiger partial charge < -0.3 is 10.4 Å². The number of carbonyl (C=O) groups is 1. The van der Waals surface area contributed by atoms with Crippen LogP contribution in [0, 0.1) is 0 Å². The number of hydrogen-bond acceptors (Lipinski definition) is 3. The van der Waals surface area contributed by atoms with E-state index in [2.05, 4.69) is 5.32 Å². The molecule has 0 aromatic heterocycles. The monoisotopic (exact) mass is 186 g/mol. The summed E-state index contributed by atoms with van der Waals surface area (Å²) in [5.74, 6) is 0.0449. The minimum Gasteiger partial charge on any atom is -0.392 e. The highest BCUT2D eigenvalue weighted by Gasteiger charge is 2.28. The first kappa shape index (κ1) is 10.5. The van der Waals surface area contributed by atoms with Gasteiger partial charge in [-0.2, -0.15) is 0 Å². The predicted octanol–water partition coefficient (Wildman–Crippen LogP) is -0.422. The quantitative estimate of drug-likeness (QED) is 0.629. The number of hydrogen-bond donors (Lipinski definition) is 2. The number of β-amino-alcohol motifs (C(OH)–C–C–N with tert-alkyl or cyclic N) is 1. The molecule has 1 aliphatic heterocycles. The normalized spacial score (nSPS) is 29.2. The van der Waals surface area contributed by atoms with Crippen molar-refractivity contribution in [1.82, 2.24) is 10.2 Å². The van der Waals surface area contributed by atoms with Gasteiger partial charge in [0, 0.05) is 19.1 Å². The molecule has 4 heteroatoms. The maximum Gasteiger partial charge on any atom is 0.234 e. The first-order valence-corrected chi connectivity index (χ1v) is 4.82. The van der Waals surface area contributed by atoms with E-state index < -0.39 is 0 Å². The summed E-state index contributed by atoms with van der Waals surface area (Å²) in [6.07, 6.45) is 0.517. The molecule has 0 aliphatic carbocycles. The van der Waals surface area contributed by atoms with Crippen LogP contribution in [-0.2, 0) is 4.79 Å². The lowest BCUT2D eigenvalue weighted by molar-refractivity contribution is -0.122. The van der Waals surface area contributed by atoms with E-state index in [-0.39, 0.29) is 12.0 Å². The van der Waals surface area contributed by atoms with Crippen LogP contribution < -0.4 is 5.32 Å². The van der Waals surface area contributed by atoms with Crippen LogP contribution in [0.3, 0.4) is 0 Å². The summed E-state index contributed by atoms with van der Waals surface area (Å²) in [4.78, 5) is 13.2. The molecule has 4 nitrogen and oxygen atoms in total. The molecule has 2 unspecified atom stereocenters. The fourth-order valence-electron chi connectivity index (χ4n) is 1.73. The first-order valence-electron chi connectivity index (χ1n) is 4.82. The number of likely N-dealkylation sites (N-methyl/N-ethyl adjacent to an activating group) is 1. The van der Waals surface area contributed by atoms with E-state index in [0.717, 1.165) is 6.42 Å². The standard InChI is InChI=1S/C9H18N2O2/c1-3-10-9(13)6-11-5-8(12)4-7(11)2/h7-8,12H,3-6H2,1-2H3,(H,10,13). The minimum absolute atomic E-state index is 0.0449. The Morgan fingerprint density at radius 3 is 2.85 bits per heavy atom. The number of aliphatic hydroxyl groups excluding tert-OH is 1. The lowest BCUT2D eigenvalue weighted by Crippen LogP contribution is -2.39. The molecule has 1 saturated heterocycles. The van der Waals surface area contributed by atoms with Gasteiger partial charge in [0.2, 0.25) is 5.91 Å². The number of likely N-dealkylation sites (tertiary alicyclic amines) is 1. The van der Waals surface area contributed by atoms with E-state index in [9.17, 15) is 9.90 Å². The number of carbonyl (C=O) groups excluding carboxylic acids is 1. The molecule has 0 radical (unpaired) electrons. The highest BCUT2D eigenvalue weighted by Crippen LogP contribution is 2.16. The van der Waals surface area contributed by atoms with E-state index in [1.807, 2.05) is 18.7 Å². The Kier molecular flexibility index (Phi) is 3.69. The maximum atomic E-state index is 11.2. The number of amides is 1. The molecular formula is C9H18N2O2. The Bertz CT molecular complexity index is 184. The topological polar surface area (TPSA) is 52.6 Å². The third kappa shape index (κ3) is 2.97. The van der Waals surface area contributed by atoms with Gasteiger partial charge in [0.1, 0.15) is 0 Å². The first-order chi connectivity index (χ1) is 6.13. The molecule has 0 spiro atoms. The molecule has 76 valence electrons. The summed E-state index contributed by atoms with van der Waals surface area (Å²) >= 11 is 0. The molecule has 0 aromatic rings. The molecule has 1 fully saturated rings. The molecule has 1 heterocycles. The lowest BCUT2D eigenvalue weighted by Gasteiger charge is -2.19. The second-order valence-electron chi connectivity index (χ2n) is 3.62. The van der Waals surface area contributed by atoms with E-state index in [0.29, 0.717) is 25.7 Å². The highest BCUT2D eigenvalue weighted by molar-refractivity contribution is 5.78. The Hall–Kier alpha value is -0.610. The van der Waals surface area contributed by atoms with Crippen molar-refractivity contribution in [3.8, 4) is 0 Å². The summed E-state index contributed by atoms with van der Waals surface area (Å²) < 4.78 is 0. The summed E-state index contributed by atoms with van der Waals surface area (Å²) in [6.45, 7) is 5.64. The van der Waals surface area contributed by atoms with Crippen molar-refractivity contribution in [2.24, 2.45) is 0 Å². The van der Waals surface area contributed by atoms with Crippen LogP contribution in [0.15, 0.2) is 0 Å². The van der Waals surface area contributed by atoms with Crippen LogP contribution in [0.5, 0.6) is 0 Å². The number of rotatable bonds is 3. The van der Waals surface area contributed by atoms with Crippen LogP contribution in [0.2, 0.25) is 0 Å². The van der Waals surface area contributed by atoms with Gasteiger partial charge >= 0.3 is 0 Å². The highest BCUT2D eigenvalue weighted by atomic mass is 16.3. The van der Waals surface area contributed by atoms with Gasteiger partial charge in [0.05, 0.1) is 12.6 Å². The summed E-state index contributed by atoms with van der Waals surface area (Å²) in [5.41, 5.74) is 0. The van der Waals surface area contributed by atoms with Gasteiger partial charge in [-0.1, -0.05) is 0 Å². The Morgan fingerprint density at radius 2 is 2.38 bits per heavy atom. The third-order valence-electron chi connectivity index (χ3n) is 2.40. The Labute approximate surface area is 78.9 Å². The number of nitrogens with one attached hydrogen (secondary N) is 1. The Balaban J connectivity index is 2.32. The SMILES string of the molecule is CCNC(=O)CN1CC(O)CC1C. The van der Waals surface area contributed by atoms with Crippen LogP contribution in [0.1, 0.15) is 20.3 Å². The number of aliphatic hydroxyl groups is 1. The van der Waals surface area contributed by atoms with Gasteiger partial charge in [-0.05, 0) is 20.3 Å². The maximum absolute atomic E-state index is 11.2. The molecule has 0 aromatic carbocycles. The lowest BCUT2D eigenvalue weighted by atomic mass is 10.2. The fraction of sp³-hybridized carbons (Fsp3) is 0.889. The second-order valence-corrected chi connectivity index (χ2v) is 3.62. The van der Waals surface area contributed by atoms with Crippen molar-refractivity contribution >= 4 is 5.91 Å². The molecule has 2 atom stereocenters. The van der Waals surface area contributed by atoms with Crippen molar-refractivity contribution in [2.75, 3.05) is 19.6 Å². The van der Waals surface area contributed by atoms with Gasteiger partial charge in [0.25, 0.3) is 0 Å². The molecule has 13 heavy (non-hydrogen) atoms. The zero-order chi connectivity index (χ0) is 9.84. The van der Waals surface area contributed by atoms with Crippen molar-refractivity contribution in [3.05, 3.63) is 0 Å². The second kappa shape index (κ2) is 4.58. The van der Waals surface area contributed by atoms with Crippen LogP contribution in [-0.4, -0.2) is 47.7 Å². The summed E-state index contributed by atoms with van der Waals surface area (Å²) in [6, 6.07) is 0.317. The van der Waals surface area contributed by atoms with E-state index >= 15 is 0 Å². The summed E-state index contributed by atoms with van der Waals surface area (Å²) in [7, 11) is 0. The average molecular weight is 186 g/mol. The van der Waals surface area contributed by atoms with Gasteiger partial charge in [0.15, 0.2) is 0 Å². The van der Waals surface area contributed by atoms with Gasteiger partial charge in [-0.3, -0.25) is 9.69 Å². The zero-order valence-electron chi connectivity index (χ0n) is 8.29. The molecular weight excluding hydrogens is 168 g/mol. The summed E-state index contributed by atoms with van der Waals surface area (Å²) in [5, 5.41) is 12.1. The van der Waals surface area contributed by atoms with Crippen LogP contribution >= 0.6 is 0 Å². The van der Waals surface area contributed by atoms with Crippen molar-refractivity contribution in [2.45, 2.75) is 32.4 Å². The minimum atomic E-state index is -0.260. The molecule has 1 rings (SSSR count). The van der Waals surface area contributed by atoms with E-state index in [1.54, 1.807) is 0 Å². The fourth-order valence-corrected chi connectivity index (χ4v) is 1.73. The predicted molar refractivity (Wildman–Crippen MR) is 50.3 cm³/mol. The van der Waals surface area contributed by atoms with Gasteiger partial charge in [-0.15, -0.1) is 0 Å². The van der Waals surface area contributed by atoms with Crippen molar-refractivity contribution in [1.29, 1.82) is 0 Å². The third-order valence-corrected chi connectivity index (χ3v) is 2.40. The average Bonchev–Trinajstić information content (AvgIpc) is 2.30. The largest absolute Gasteiger partial charge is 0.392 e. The van der Waals surface area contributed by atoms with Crippen LogP contribution in [0.25, 0.3) is 0 Å². The molecule has 2 N–H and O–H groups in total. The van der Waals surface area contributed by atoms with Crippen molar-refractivity contribution < 1.29 is 9.90 Å². The molecule has 1 aliphatic rings. The van der Waals surface area contributed by atoms with Gasteiger partial charge in [-0.25, -0.2) is 0 Å². The number of nitrogens with zero attached hydrogens (tertiary/aromatic N) is 1. The van der Waals surface area contributed by atoms with Crippen molar-refractivity contribution in [3.63, 3.8) is 0 Å². The molecule has 0 saturated carbocycles. The van der Waals surface area contributed by atoms with E-state index in [4.69, 9.17) is 0 Å².